The van der Waals surface area contributed by atoms with Crippen molar-refractivity contribution in [2.45, 2.75) is 70.8 Å². The smallest absolute Gasteiger partial charge is 0.0837 e. The van der Waals surface area contributed by atoms with Gasteiger partial charge in [0.25, 0.3) is 0 Å². The summed E-state index contributed by atoms with van der Waals surface area (Å²) in [5, 5.41) is 5.00. The van der Waals surface area contributed by atoms with Crippen LogP contribution in [-0.2, 0) is 5.41 Å². The number of allylic oxidation sites excluding steroid dienone is 2. The lowest BCUT2D eigenvalue weighted by Crippen LogP contribution is -2.29. The van der Waals surface area contributed by atoms with Gasteiger partial charge in [-0.1, -0.05) is 51.8 Å². The van der Waals surface area contributed by atoms with E-state index < -0.39 is 0 Å². The Balaban J connectivity index is 1.76. The van der Waals surface area contributed by atoms with Crippen molar-refractivity contribution in [3.8, 4) is 0 Å². The van der Waals surface area contributed by atoms with Crippen LogP contribution in [0.1, 0.15) is 76.1 Å². The summed E-state index contributed by atoms with van der Waals surface area (Å²) in [7, 11) is 1.90. The lowest BCUT2D eigenvalue weighted by Gasteiger charge is -2.33. The lowest BCUT2D eigenvalue weighted by atomic mass is 9.71. The Bertz CT molecular complexity index is 965. The van der Waals surface area contributed by atoms with Crippen LogP contribution < -0.4 is 5.32 Å². The summed E-state index contributed by atoms with van der Waals surface area (Å²) in [6, 6.07) is 7.28. The zero-order valence-electron chi connectivity index (χ0n) is 17.8. The van der Waals surface area contributed by atoms with Crippen molar-refractivity contribution in [1.82, 2.24) is 10.3 Å². The molecule has 0 aliphatic heterocycles. The van der Waals surface area contributed by atoms with Crippen molar-refractivity contribution in [1.29, 1.82) is 0 Å². The number of benzene rings is 1. The van der Waals surface area contributed by atoms with E-state index in [9.17, 15) is 0 Å². The van der Waals surface area contributed by atoms with Crippen LogP contribution >= 0.6 is 0 Å². The van der Waals surface area contributed by atoms with E-state index in [1.165, 1.54) is 65.4 Å². The molecule has 28 heavy (non-hydrogen) atoms. The number of hydrogen-bond donors (Lipinski definition) is 2. The topological polar surface area (TPSA) is 40.2 Å². The van der Waals surface area contributed by atoms with E-state index in [1.807, 2.05) is 7.05 Å². The molecule has 0 amide bonds. The molecule has 1 saturated carbocycles. The van der Waals surface area contributed by atoms with Crippen molar-refractivity contribution in [3.63, 3.8) is 0 Å². The van der Waals surface area contributed by atoms with Gasteiger partial charge in [0.05, 0.1) is 11.4 Å². The van der Waals surface area contributed by atoms with Gasteiger partial charge in [0.1, 0.15) is 0 Å². The molecule has 3 heteroatoms. The summed E-state index contributed by atoms with van der Waals surface area (Å²) in [5.74, 6) is 0. The summed E-state index contributed by atoms with van der Waals surface area (Å²) < 4.78 is 0. The van der Waals surface area contributed by atoms with Crippen molar-refractivity contribution in [3.05, 3.63) is 53.2 Å². The van der Waals surface area contributed by atoms with Gasteiger partial charge in [-0.15, -0.1) is 0 Å². The standard InChI is InChI=1S/C25H33N3/c1-6-17-15-25(3,4)22-20-14-18(16(2)27-19-10-8-7-9-11-19)12-13-21(20)28-24(22)23(17)26-5/h6,12-14,19,27-28H,2,7-11,15H2,1,3-5H3/b17-6-,26-23?. The maximum atomic E-state index is 4.62. The molecule has 0 unspecified atom stereocenters. The second kappa shape index (κ2) is 7.27. The van der Waals surface area contributed by atoms with E-state index in [-0.39, 0.29) is 5.41 Å². The van der Waals surface area contributed by atoms with Crippen LogP contribution in [0.5, 0.6) is 0 Å². The maximum absolute atomic E-state index is 4.62. The molecule has 148 valence electrons. The van der Waals surface area contributed by atoms with Crippen LogP contribution in [0.25, 0.3) is 16.6 Å². The van der Waals surface area contributed by atoms with Crippen LogP contribution in [0.2, 0.25) is 0 Å². The third-order valence-electron chi connectivity index (χ3n) is 6.55. The van der Waals surface area contributed by atoms with E-state index >= 15 is 0 Å². The number of aromatic amines is 1. The van der Waals surface area contributed by atoms with Crippen LogP contribution in [0.15, 0.2) is 41.4 Å². The fourth-order valence-electron chi connectivity index (χ4n) is 5.14. The third kappa shape index (κ3) is 3.21. The molecule has 0 saturated heterocycles. The van der Waals surface area contributed by atoms with Crippen molar-refractivity contribution < 1.29 is 0 Å². The molecule has 3 nitrogen and oxygen atoms in total. The first kappa shape index (κ1) is 19.0. The minimum atomic E-state index is 0.0698. The maximum Gasteiger partial charge on any atom is 0.0837 e. The van der Waals surface area contributed by atoms with Gasteiger partial charge in [0.15, 0.2) is 0 Å². The molecule has 1 aromatic carbocycles. The van der Waals surface area contributed by atoms with Gasteiger partial charge in [0.2, 0.25) is 0 Å². The first-order valence-electron chi connectivity index (χ1n) is 10.7. The highest BCUT2D eigenvalue weighted by atomic mass is 14.9. The Kier molecular flexibility index (Phi) is 4.95. The largest absolute Gasteiger partial charge is 0.382 e. The van der Waals surface area contributed by atoms with Gasteiger partial charge in [-0.3, -0.25) is 4.99 Å². The SMILES string of the molecule is C=C(NC1CCCCC1)c1ccc2[nH]c3c(c2c1)C(C)(C)C/C(=C/C)C3=NC. The number of hydrogen-bond acceptors (Lipinski definition) is 2. The van der Waals surface area contributed by atoms with E-state index in [4.69, 9.17) is 0 Å². The molecule has 2 aromatic rings. The molecule has 1 heterocycles. The summed E-state index contributed by atoms with van der Waals surface area (Å²) in [4.78, 5) is 8.29. The molecule has 2 aliphatic rings. The molecule has 1 aromatic heterocycles. The highest BCUT2D eigenvalue weighted by molar-refractivity contribution is 6.17. The van der Waals surface area contributed by atoms with Gasteiger partial charge < -0.3 is 10.3 Å². The number of rotatable bonds is 3. The fraction of sp³-hybridized carbons (Fsp3) is 0.480. The zero-order chi connectivity index (χ0) is 19.9. The monoisotopic (exact) mass is 375 g/mol. The number of H-pyrrole nitrogens is 1. The zero-order valence-corrected chi connectivity index (χ0v) is 17.8. The second-order valence-corrected chi connectivity index (χ2v) is 9.04. The van der Waals surface area contributed by atoms with Crippen LogP contribution in [-0.4, -0.2) is 23.8 Å². The summed E-state index contributed by atoms with van der Waals surface area (Å²) in [5.41, 5.74) is 8.51. The Hall–Kier alpha value is -2.29. The Morgan fingerprint density at radius 1 is 1.25 bits per heavy atom. The van der Waals surface area contributed by atoms with Gasteiger partial charge in [-0.05, 0) is 60.4 Å². The Labute approximate surface area is 169 Å². The van der Waals surface area contributed by atoms with E-state index in [1.54, 1.807) is 0 Å². The van der Waals surface area contributed by atoms with E-state index in [2.05, 4.69) is 66.9 Å². The molecule has 2 N–H and O–H groups in total. The summed E-state index contributed by atoms with van der Waals surface area (Å²) >= 11 is 0. The number of aromatic nitrogens is 1. The second-order valence-electron chi connectivity index (χ2n) is 9.04. The average Bonchev–Trinajstić information content (AvgIpc) is 3.08. The molecular weight excluding hydrogens is 342 g/mol. The van der Waals surface area contributed by atoms with Crippen LogP contribution in [0.3, 0.4) is 0 Å². The minimum Gasteiger partial charge on any atom is -0.382 e. The van der Waals surface area contributed by atoms with Crippen LogP contribution in [0, 0.1) is 0 Å². The van der Waals surface area contributed by atoms with Crippen LogP contribution in [0.4, 0.5) is 0 Å². The number of nitrogens with one attached hydrogen (secondary N) is 2. The molecular formula is C25H33N3. The minimum absolute atomic E-state index is 0.0698. The molecule has 0 bridgehead atoms. The Morgan fingerprint density at radius 2 is 2.00 bits per heavy atom. The summed E-state index contributed by atoms with van der Waals surface area (Å²) in [6.07, 6.45) is 9.77. The summed E-state index contributed by atoms with van der Waals surface area (Å²) in [6.45, 7) is 11.2. The van der Waals surface area contributed by atoms with Crippen molar-refractivity contribution in [2.24, 2.45) is 4.99 Å². The van der Waals surface area contributed by atoms with Gasteiger partial charge >= 0.3 is 0 Å². The average molecular weight is 376 g/mol. The molecule has 0 spiro atoms. The lowest BCUT2D eigenvalue weighted by molar-refractivity contribution is 0.409. The Morgan fingerprint density at radius 3 is 2.68 bits per heavy atom. The molecule has 4 rings (SSSR count). The first-order valence-corrected chi connectivity index (χ1v) is 10.7. The third-order valence-corrected chi connectivity index (χ3v) is 6.55. The van der Waals surface area contributed by atoms with Gasteiger partial charge in [0, 0.05) is 29.7 Å². The number of nitrogens with zero attached hydrogens (tertiary/aromatic N) is 1. The highest BCUT2D eigenvalue weighted by Crippen LogP contribution is 2.43. The van der Waals surface area contributed by atoms with Gasteiger partial charge in [-0.25, -0.2) is 0 Å². The predicted octanol–water partition coefficient (Wildman–Crippen LogP) is 6.11. The van der Waals surface area contributed by atoms with E-state index in [0.717, 1.165) is 17.8 Å². The molecule has 0 radical (unpaired) electrons. The molecule has 2 aliphatic carbocycles. The normalized spacial score (nSPS) is 22.6. The first-order chi connectivity index (χ1) is 13.4. The number of aliphatic imine (C=N–C) groups is 1. The van der Waals surface area contributed by atoms with Gasteiger partial charge in [-0.2, -0.15) is 0 Å². The molecule has 0 atom stereocenters. The van der Waals surface area contributed by atoms with Crippen molar-refractivity contribution in [2.75, 3.05) is 7.05 Å². The van der Waals surface area contributed by atoms with E-state index in [0.29, 0.717) is 6.04 Å². The number of fused-ring (bicyclic) bond motifs is 3. The van der Waals surface area contributed by atoms with Crippen molar-refractivity contribution >= 4 is 22.3 Å². The predicted molar refractivity (Wildman–Crippen MR) is 121 cm³/mol. The molecule has 1 fully saturated rings. The fourth-order valence-corrected chi connectivity index (χ4v) is 5.14. The highest BCUT2D eigenvalue weighted by Gasteiger charge is 2.36. The quantitative estimate of drug-likeness (QED) is 0.668.